The fourth-order valence-electron chi connectivity index (χ4n) is 3.49. The first-order chi connectivity index (χ1) is 10.3. The average molecular weight is 304 g/mol. The summed E-state index contributed by atoms with van der Waals surface area (Å²) >= 11 is 0. The number of carbonyl (C=O) groups is 1. The molecular weight excluding hydrogens is 276 g/mol. The van der Waals surface area contributed by atoms with Crippen molar-refractivity contribution in [1.29, 1.82) is 0 Å². The summed E-state index contributed by atoms with van der Waals surface area (Å²) in [4.78, 5) is 11.1. The molecule has 1 aromatic rings. The molecule has 0 unspecified atom stereocenters. The maximum absolute atomic E-state index is 11.1. The minimum absolute atomic E-state index is 0.0662. The van der Waals surface area contributed by atoms with Gasteiger partial charge in [0.1, 0.15) is 5.75 Å². The van der Waals surface area contributed by atoms with Crippen molar-refractivity contribution < 1.29 is 14.6 Å². The predicted molar refractivity (Wildman–Crippen MR) is 88.9 cm³/mol. The minimum Gasteiger partial charge on any atom is -0.496 e. The average Bonchev–Trinajstić information content (AvgIpc) is 2.45. The van der Waals surface area contributed by atoms with Gasteiger partial charge in [0.05, 0.1) is 13.5 Å². The van der Waals surface area contributed by atoms with Gasteiger partial charge in [0, 0.05) is 5.56 Å². The molecule has 0 bridgehead atoms. The first-order valence-electron chi connectivity index (χ1n) is 8.26. The van der Waals surface area contributed by atoms with Crippen molar-refractivity contribution >= 4 is 5.97 Å². The first kappa shape index (κ1) is 16.9. The van der Waals surface area contributed by atoms with E-state index in [0.29, 0.717) is 5.92 Å². The van der Waals surface area contributed by atoms with Gasteiger partial charge in [-0.05, 0) is 35.3 Å². The molecule has 22 heavy (non-hydrogen) atoms. The van der Waals surface area contributed by atoms with Gasteiger partial charge in [-0.15, -0.1) is 0 Å². The largest absolute Gasteiger partial charge is 0.496 e. The van der Waals surface area contributed by atoms with E-state index >= 15 is 0 Å². The van der Waals surface area contributed by atoms with Crippen molar-refractivity contribution in [3.63, 3.8) is 0 Å². The Morgan fingerprint density at radius 1 is 1.23 bits per heavy atom. The molecule has 1 aliphatic rings. The van der Waals surface area contributed by atoms with Crippen LogP contribution < -0.4 is 4.74 Å². The lowest BCUT2D eigenvalue weighted by Crippen LogP contribution is -2.17. The summed E-state index contributed by atoms with van der Waals surface area (Å²) in [5.41, 5.74) is 3.16. The van der Waals surface area contributed by atoms with Crippen LogP contribution in [0.1, 0.15) is 75.5 Å². The van der Waals surface area contributed by atoms with Gasteiger partial charge in [-0.3, -0.25) is 4.79 Å². The van der Waals surface area contributed by atoms with E-state index in [9.17, 15) is 4.79 Å². The molecular formula is C19H28O3. The summed E-state index contributed by atoms with van der Waals surface area (Å²) < 4.78 is 5.77. The maximum Gasteiger partial charge on any atom is 0.307 e. The third kappa shape index (κ3) is 3.82. The Hall–Kier alpha value is -1.51. The van der Waals surface area contributed by atoms with Crippen molar-refractivity contribution in [2.24, 2.45) is 0 Å². The van der Waals surface area contributed by atoms with E-state index in [2.05, 4.69) is 26.8 Å². The molecule has 1 N–H and O–H groups in total. The van der Waals surface area contributed by atoms with Crippen LogP contribution in [0.3, 0.4) is 0 Å². The zero-order chi connectivity index (χ0) is 16.3. The van der Waals surface area contributed by atoms with Crippen molar-refractivity contribution in [2.45, 2.75) is 70.6 Å². The van der Waals surface area contributed by atoms with E-state index < -0.39 is 5.97 Å². The Morgan fingerprint density at radius 2 is 1.86 bits per heavy atom. The molecule has 1 aliphatic carbocycles. The van der Waals surface area contributed by atoms with E-state index in [1.807, 2.05) is 6.07 Å². The van der Waals surface area contributed by atoms with Crippen molar-refractivity contribution in [3.05, 3.63) is 28.8 Å². The van der Waals surface area contributed by atoms with E-state index in [0.717, 1.165) is 16.9 Å². The van der Waals surface area contributed by atoms with E-state index in [1.165, 1.54) is 37.7 Å². The smallest absolute Gasteiger partial charge is 0.307 e. The molecule has 1 saturated carbocycles. The predicted octanol–water partition coefficient (Wildman–Crippen LogP) is 4.67. The zero-order valence-electron chi connectivity index (χ0n) is 14.2. The van der Waals surface area contributed by atoms with Crippen LogP contribution in [0.4, 0.5) is 0 Å². The molecule has 0 saturated heterocycles. The highest BCUT2D eigenvalue weighted by molar-refractivity contribution is 5.71. The normalized spacial score (nSPS) is 16.5. The molecule has 0 amide bonds. The SMILES string of the molecule is COc1c(C2CCCCC2)cc(CC(=O)O)cc1C(C)(C)C. The van der Waals surface area contributed by atoms with Gasteiger partial charge < -0.3 is 9.84 Å². The van der Waals surface area contributed by atoms with Gasteiger partial charge in [0.2, 0.25) is 0 Å². The summed E-state index contributed by atoms with van der Waals surface area (Å²) in [5, 5.41) is 9.16. The number of carboxylic acid groups (broad SMARTS) is 1. The fraction of sp³-hybridized carbons (Fsp3) is 0.632. The van der Waals surface area contributed by atoms with Crippen LogP contribution in [0, 0.1) is 0 Å². The number of benzene rings is 1. The number of carboxylic acids is 1. The molecule has 0 aliphatic heterocycles. The van der Waals surface area contributed by atoms with Crippen molar-refractivity contribution in [2.75, 3.05) is 7.11 Å². The van der Waals surface area contributed by atoms with Crippen molar-refractivity contribution in [3.8, 4) is 5.75 Å². The second kappa shape index (κ2) is 6.72. The van der Waals surface area contributed by atoms with Gasteiger partial charge in [0.25, 0.3) is 0 Å². The Kier molecular flexibility index (Phi) is 5.15. The van der Waals surface area contributed by atoms with Crippen LogP contribution in [0.15, 0.2) is 12.1 Å². The van der Waals surface area contributed by atoms with Gasteiger partial charge in [-0.25, -0.2) is 0 Å². The van der Waals surface area contributed by atoms with Crippen LogP contribution >= 0.6 is 0 Å². The molecule has 0 atom stereocenters. The fourth-order valence-corrected chi connectivity index (χ4v) is 3.49. The van der Waals surface area contributed by atoms with Crippen molar-refractivity contribution in [1.82, 2.24) is 0 Å². The standard InChI is InChI=1S/C19H28O3/c1-19(2,3)16-11-13(12-17(20)21)10-15(18(16)22-4)14-8-6-5-7-9-14/h10-11,14H,5-9,12H2,1-4H3,(H,20,21). The van der Waals surface area contributed by atoms with E-state index in [4.69, 9.17) is 9.84 Å². The molecule has 2 rings (SSSR count). The van der Waals surface area contributed by atoms with Crippen LogP contribution in [0.25, 0.3) is 0 Å². The number of aliphatic carboxylic acids is 1. The molecule has 1 aromatic carbocycles. The molecule has 3 heteroatoms. The Morgan fingerprint density at radius 3 is 2.36 bits per heavy atom. The monoisotopic (exact) mass is 304 g/mol. The third-order valence-electron chi connectivity index (χ3n) is 4.59. The van der Waals surface area contributed by atoms with Gasteiger partial charge in [0.15, 0.2) is 0 Å². The second-order valence-corrected chi connectivity index (χ2v) is 7.42. The van der Waals surface area contributed by atoms with E-state index in [1.54, 1.807) is 7.11 Å². The number of methoxy groups -OCH3 is 1. The highest BCUT2D eigenvalue weighted by Crippen LogP contribution is 2.43. The maximum atomic E-state index is 11.1. The van der Waals surface area contributed by atoms with Gasteiger partial charge in [-0.1, -0.05) is 52.2 Å². The van der Waals surface area contributed by atoms with Crippen LogP contribution in [0.2, 0.25) is 0 Å². The Balaban J connectivity index is 2.54. The number of rotatable bonds is 4. The van der Waals surface area contributed by atoms with Crippen LogP contribution in [-0.2, 0) is 16.6 Å². The van der Waals surface area contributed by atoms with Crippen LogP contribution in [-0.4, -0.2) is 18.2 Å². The van der Waals surface area contributed by atoms with E-state index in [-0.39, 0.29) is 11.8 Å². The molecule has 3 nitrogen and oxygen atoms in total. The molecule has 0 spiro atoms. The summed E-state index contributed by atoms with van der Waals surface area (Å²) in [7, 11) is 1.73. The highest BCUT2D eigenvalue weighted by Gasteiger charge is 2.27. The molecule has 0 heterocycles. The minimum atomic E-state index is -0.778. The highest BCUT2D eigenvalue weighted by atomic mass is 16.5. The number of hydrogen-bond acceptors (Lipinski definition) is 2. The van der Waals surface area contributed by atoms with Gasteiger partial charge in [-0.2, -0.15) is 0 Å². The molecule has 1 fully saturated rings. The summed E-state index contributed by atoms with van der Waals surface area (Å²) in [5.74, 6) is 0.687. The molecule has 122 valence electrons. The third-order valence-corrected chi connectivity index (χ3v) is 4.59. The second-order valence-electron chi connectivity index (χ2n) is 7.42. The van der Waals surface area contributed by atoms with Gasteiger partial charge >= 0.3 is 5.97 Å². The first-order valence-corrected chi connectivity index (χ1v) is 8.26. The Bertz CT molecular complexity index is 534. The topological polar surface area (TPSA) is 46.5 Å². The lowest BCUT2D eigenvalue weighted by atomic mass is 9.78. The number of hydrogen-bond donors (Lipinski definition) is 1. The summed E-state index contributed by atoms with van der Waals surface area (Å²) in [6.07, 6.45) is 6.24. The number of ether oxygens (including phenoxy) is 1. The lowest BCUT2D eigenvalue weighted by Gasteiger charge is -2.29. The molecule has 0 aromatic heterocycles. The lowest BCUT2D eigenvalue weighted by molar-refractivity contribution is -0.136. The zero-order valence-corrected chi connectivity index (χ0v) is 14.2. The molecule has 0 radical (unpaired) electrons. The summed E-state index contributed by atoms with van der Waals surface area (Å²) in [6.45, 7) is 6.46. The summed E-state index contributed by atoms with van der Waals surface area (Å²) in [6, 6.07) is 4.08. The Labute approximate surface area is 133 Å². The van der Waals surface area contributed by atoms with Crippen LogP contribution in [0.5, 0.6) is 5.75 Å². The quantitative estimate of drug-likeness (QED) is 0.879.